The van der Waals surface area contributed by atoms with E-state index in [4.69, 9.17) is 4.74 Å². The van der Waals surface area contributed by atoms with Crippen LogP contribution in [0.5, 0.6) is 0 Å². The van der Waals surface area contributed by atoms with Crippen molar-refractivity contribution in [2.75, 3.05) is 39.4 Å². The first kappa shape index (κ1) is 11.9. The minimum Gasteiger partial charge on any atom is -0.378 e. The van der Waals surface area contributed by atoms with Gasteiger partial charge in [-0.15, -0.1) is 0 Å². The van der Waals surface area contributed by atoms with Crippen LogP contribution >= 0.6 is 0 Å². The van der Waals surface area contributed by atoms with E-state index in [2.05, 4.69) is 5.32 Å². The van der Waals surface area contributed by atoms with Crippen LogP contribution in [0.2, 0.25) is 0 Å². The SMILES string of the molecule is O=C(CCC1CCC[N]C1)N1CCOCC1. The molecule has 4 nitrogen and oxygen atoms in total. The van der Waals surface area contributed by atoms with Gasteiger partial charge in [-0.1, -0.05) is 0 Å². The summed E-state index contributed by atoms with van der Waals surface area (Å²) >= 11 is 0. The van der Waals surface area contributed by atoms with E-state index in [1.165, 1.54) is 12.8 Å². The fourth-order valence-electron chi connectivity index (χ4n) is 2.39. The highest BCUT2D eigenvalue weighted by atomic mass is 16.5. The third-order valence-corrected chi connectivity index (χ3v) is 3.45. The van der Waals surface area contributed by atoms with Gasteiger partial charge in [-0.05, 0) is 25.2 Å². The van der Waals surface area contributed by atoms with Crippen molar-refractivity contribution in [3.05, 3.63) is 0 Å². The van der Waals surface area contributed by atoms with E-state index in [0.29, 0.717) is 31.5 Å². The van der Waals surface area contributed by atoms with E-state index in [1.54, 1.807) is 0 Å². The molecule has 0 spiro atoms. The average molecular weight is 225 g/mol. The standard InChI is InChI=1S/C12H21N2O2/c15-12(14-6-8-16-9-7-14)4-3-11-2-1-5-13-10-11/h11H,1-10H2. The normalized spacial score (nSPS) is 26.8. The van der Waals surface area contributed by atoms with Crippen LogP contribution in [-0.4, -0.2) is 50.2 Å². The van der Waals surface area contributed by atoms with Crippen LogP contribution in [0, 0.1) is 5.92 Å². The quantitative estimate of drug-likeness (QED) is 0.707. The average Bonchev–Trinajstić information content (AvgIpc) is 2.38. The molecule has 2 heterocycles. The third kappa shape index (κ3) is 3.46. The molecule has 0 N–H and O–H groups in total. The summed E-state index contributed by atoms with van der Waals surface area (Å²) in [5, 5.41) is 4.40. The number of ether oxygens (including phenoxy) is 1. The van der Waals surface area contributed by atoms with Crippen molar-refractivity contribution < 1.29 is 9.53 Å². The van der Waals surface area contributed by atoms with Crippen molar-refractivity contribution in [2.45, 2.75) is 25.7 Å². The molecule has 1 radical (unpaired) electrons. The molecule has 0 bridgehead atoms. The van der Waals surface area contributed by atoms with E-state index in [9.17, 15) is 4.79 Å². The van der Waals surface area contributed by atoms with Gasteiger partial charge in [-0.25, -0.2) is 5.32 Å². The Hall–Kier alpha value is -0.610. The molecule has 2 rings (SSSR count). The Morgan fingerprint density at radius 1 is 1.38 bits per heavy atom. The second kappa shape index (κ2) is 6.21. The lowest BCUT2D eigenvalue weighted by atomic mass is 9.94. The Balaban J connectivity index is 1.65. The van der Waals surface area contributed by atoms with Gasteiger partial charge in [-0.2, -0.15) is 0 Å². The molecule has 2 aliphatic rings. The van der Waals surface area contributed by atoms with Crippen LogP contribution < -0.4 is 5.32 Å². The van der Waals surface area contributed by atoms with Crippen LogP contribution in [0.1, 0.15) is 25.7 Å². The van der Waals surface area contributed by atoms with Gasteiger partial charge in [-0.3, -0.25) is 4.79 Å². The van der Waals surface area contributed by atoms with E-state index in [-0.39, 0.29) is 0 Å². The van der Waals surface area contributed by atoms with Gasteiger partial charge in [0, 0.05) is 32.6 Å². The first-order chi connectivity index (χ1) is 7.86. The largest absolute Gasteiger partial charge is 0.378 e. The summed E-state index contributed by atoms with van der Waals surface area (Å²) in [6, 6.07) is 0. The molecule has 4 heteroatoms. The highest BCUT2D eigenvalue weighted by Gasteiger charge is 2.19. The Bertz CT molecular complexity index is 221. The Morgan fingerprint density at radius 2 is 2.19 bits per heavy atom. The lowest BCUT2D eigenvalue weighted by Gasteiger charge is -2.28. The first-order valence-corrected chi connectivity index (χ1v) is 6.35. The number of nitrogens with zero attached hydrogens (tertiary/aromatic N) is 2. The van der Waals surface area contributed by atoms with Gasteiger partial charge in [0.2, 0.25) is 5.91 Å². The molecule has 0 aromatic carbocycles. The summed E-state index contributed by atoms with van der Waals surface area (Å²) in [7, 11) is 0. The van der Waals surface area contributed by atoms with E-state index < -0.39 is 0 Å². The number of rotatable bonds is 3. The third-order valence-electron chi connectivity index (χ3n) is 3.45. The fraction of sp³-hybridized carbons (Fsp3) is 0.917. The second-order valence-corrected chi connectivity index (χ2v) is 4.67. The van der Waals surface area contributed by atoms with Crippen LogP contribution in [0.4, 0.5) is 0 Å². The number of piperidine rings is 1. The molecule has 0 aromatic rings. The lowest BCUT2D eigenvalue weighted by molar-refractivity contribution is -0.135. The minimum atomic E-state index is 0.300. The van der Waals surface area contributed by atoms with Gasteiger partial charge in [0.25, 0.3) is 0 Å². The van der Waals surface area contributed by atoms with Crippen LogP contribution in [0.25, 0.3) is 0 Å². The smallest absolute Gasteiger partial charge is 0.222 e. The molecule has 0 aromatic heterocycles. The highest BCUT2D eigenvalue weighted by molar-refractivity contribution is 5.76. The lowest BCUT2D eigenvalue weighted by Crippen LogP contribution is -2.41. The molecule has 1 atom stereocenters. The maximum Gasteiger partial charge on any atom is 0.222 e. The van der Waals surface area contributed by atoms with Crippen molar-refractivity contribution in [1.29, 1.82) is 0 Å². The predicted octanol–water partition coefficient (Wildman–Crippen LogP) is 0.640. The molecule has 16 heavy (non-hydrogen) atoms. The number of hydrogen-bond donors (Lipinski definition) is 0. The molecule has 1 amide bonds. The summed E-state index contributed by atoms with van der Waals surface area (Å²) in [6.07, 6.45) is 4.16. The van der Waals surface area contributed by atoms with Gasteiger partial charge < -0.3 is 9.64 Å². The summed E-state index contributed by atoms with van der Waals surface area (Å²) in [4.78, 5) is 13.8. The zero-order valence-corrected chi connectivity index (χ0v) is 9.86. The van der Waals surface area contributed by atoms with Gasteiger partial charge in [0.15, 0.2) is 0 Å². The van der Waals surface area contributed by atoms with E-state index in [1.807, 2.05) is 4.90 Å². The Labute approximate surface area is 97.3 Å². The minimum absolute atomic E-state index is 0.300. The van der Waals surface area contributed by atoms with Crippen molar-refractivity contribution in [3.63, 3.8) is 0 Å². The summed E-state index contributed by atoms with van der Waals surface area (Å²) in [6.45, 7) is 4.93. The van der Waals surface area contributed by atoms with Crippen molar-refractivity contribution in [3.8, 4) is 0 Å². The van der Waals surface area contributed by atoms with E-state index >= 15 is 0 Å². The fourth-order valence-corrected chi connectivity index (χ4v) is 2.39. The predicted molar refractivity (Wildman–Crippen MR) is 61.2 cm³/mol. The number of morpholine rings is 1. The number of carbonyl (C=O) groups is 1. The van der Waals surface area contributed by atoms with Crippen LogP contribution in [-0.2, 0) is 9.53 Å². The molecule has 2 saturated heterocycles. The molecule has 0 saturated carbocycles. The molecule has 1 unspecified atom stereocenters. The maximum atomic E-state index is 11.9. The van der Waals surface area contributed by atoms with Gasteiger partial charge >= 0.3 is 0 Å². The van der Waals surface area contributed by atoms with Crippen molar-refractivity contribution in [2.24, 2.45) is 5.92 Å². The van der Waals surface area contributed by atoms with Gasteiger partial charge in [0.05, 0.1) is 13.2 Å². The molecular weight excluding hydrogens is 204 g/mol. The molecule has 91 valence electrons. The molecule has 0 aliphatic carbocycles. The zero-order chi connectivity index (χ0) is 11.2. The maximum absolute atomic E-state index is 11.9. The summed E-state index contributed by atoms with van der Waals surface area (Å²) in [5.74, 6) is 0.951. The molecule has 2 aliphatic heterocycles. The monoisotopic (exact) mass is 225 g/mol. The second-order valence-electron chi connectivity index (χ2n) is 4.67. The Kier molecular flexibility index (Phi) is 4.60. The Morgan fingerprint density at radius 3 is 2.88 bits per heavy atom. The van der Waals surface area contributed by atoms with Crippen molar-refractivity contribution >= 4 is 5.91 Å². The van der Waals surface area contributed by atoms with Crippen LogP contribution in [0.15, 0.2) is 0 Å². The topological polar surface area (TPSA) is 43.6 Å². The van der Waals surface area contributed by atoms with E-state index in [0.717, 1.165) is 32.6 Å². The van der Waals surface area contributed by atoms with Crippen molar-refractivity contribution in [1.82, 2.24) is 10.2 Å². The van der Waals surface area contributed by atoms with Gasteiger partial charge in [0.1, 0.15) is 0 Å². The number of carbonyl (C=O) groups excluding carboxylic acids is 1. The molecular formula is C12H21N2O2. The summed E-state index contributed by atoms with van der Waals surface area (Å²) < 4.78 is 5.24. The number of amides is 1. The molecule has 2 fully saturated rings. The van der Waals surface area contributed by atoms with Crippen LogP contribution in [0.3, 0.4) is 0 Å². The first-order valence-electron chi connectivity index (χ1n) is 6.35. The number of hydrogen-bond acceptors (Lipinski definition) is 2. The zero-order valence-electron chi connectivity index (χ0n) is 9.86. The highest BCUT2D eigenvalue weighted by Crippen LogP contribution is 2.17. The summed E-state index contributed by atoms with van der Waals surface area (Å²) in [5.41, 5.74) is 0.